The molecule has 0 aliphatic carbocycles. The summed E-state index contributed by atoms with van der Waals surface area (Å²) in [6.45, 7) is 4.52. The molecule has 0 atom stereocenters. The number of morpholine rings is 1. The van der Waals surface area contributed by atoms with Crippen molar-refractivity contribution in [3.05, 3.63) is 84.1 Å². The molecule has 1 aliphatic heterocycles. The minimum Gasteiger partial charge on any atom is -0.378 e. The Bertz CT molecular complexity index is 1110. The molecule has 3 aromatic carbocycles. The smallest absolute Gasteiger partial charge is 0.208 e. The van der Waals surface area contributed by atoms with Crippen LogP contribution >= 0.6 is 0 Å². The lowest BCUT2D eigenvalue weighted by Gasteiger charge is -2.26. The Morgan fingerprint density at radius 1 is 0.929 bits per heavy atom. The molecule has 0 unspecified atom stereocenters. The highest BCUT2D eigenvalue weighted by atomic mass is 32.2. The lowest BCUT2D eigenvalue weighted by Crippen LogP contribution is -2.32. The highest BCUT2D eigenvalue weighted by Crippen LogP contribution is 2.31. The van der Waals surface area contributed by atoms with Gasteiger partial charge in [0.2, 0.25) is 9.84 Å². The van der Waals surface area contributed by atoms with Crippen LogP contribution in [0.1, 0.15) is 11.1 Å². The monoisotopic (exact) mass is 393 g/mol. The standard InChI is InChI=1S/C23H23NO3S/c1-18-6-10-22(11-7-18)28(25,26)23(17-24-12-14-27-15-13-24)21-9-8-19-4-2-3-5-20(19)16-21/h2-11,16-17H,12-15H2,1H3. The minimum absolute atomic E-state index is 0.311. The van der Waals surface area contributed by atoms with Crippen molar-refractivity contribution in [3.63, 3.8) is 0 Å². The van der Waals surface area contributed by atoms with E-state index >= 15 is 0 Å². The van der Waals surface area contributed by atoms with Crippen molar-refractivity contribution < 1.29 is 13.2 Å². The first-order chi connectivity index (χ1) is 13.5. The first-order valence-electron chi connectivity index (χ1n) is 9.39. The van der Waals surface area contributed by atoms with Crippen LogP contribution in [0.25, 0.3) is 15.7 Å². The molecule has 0 spiro atoms. The summed E-state index contributed by atoms with van der Waals surface area (Å²) >= 11 is 0. The van der Waals surface area contributed by atoms with Crippen molar-refractivity contribution >= 4 is 25.5 Å². The van der Waals surface area contributed by atoms with E-state index in [1.165, 1.54) is 0 Å². The van der Waals surface area contributed by atoms with Crippen molar-refractivity contribution in [2.24, 2.45) is 0 Å². The first-order valence-corrected chi connectivity index (χ1v) is 10.9. The van der Waals surface area contributed by atoms with Crippen molar-refractivity contribution in [2.75, 3.05) is 26.3 Å². The van der Waals surface area contributed by atoms with E-state index in [1.54, 1.807) is 18.3 Å². The normalized spacial score (nSPS) is 15.8. The highest BCUT2D eigenvalue weighted by molar-refractivity contribution is 8.00. The Morgan fingerprint density at radius 3 is 2.32 bits per heavy atom. The Hall–Kier alpha value is -2.63. The zero-order chi connectivity index (χ0) is 19.6. The predicted octanol–water partition coefficient (Wildman–Crippen LogP) is 4.25. The Balaban J connectivity index is 1.85. The summed E-state index contributed by atoms with van der Waals surface area (Å²) in [5.41, 5.74) is 1.73. The SMILES string of the molecule is Cc1ccc(S(=O)(=O)C(=CN2CCOCC2)c2ccc3ccccc3c2)cc1. The minimum atomic E-state index is -3.66. The molecule has 1 fully saturated rings. The van der Waals surface area contributed by atoms with Gasteiger partial charge in [0.1, 0.15) is 0 Å². The molecule has 0 N–H and O–H groups in total. The van der Waals surface area contributed by atoms with Crippen LogP contribution in [-0.2, 0) is 14.6 Å². The van der Waals surface area contributed by atoms with Crippen LogP contribution in [0, 0.1) is 6.92 Å². The molecular formula is C23H23NO3S. The summed E-state index contributed by atoms with van der Waals surface area (Å²) in [6.07, 6.45) is 1.78. The molecule has 5 heteroatoms. The number of fused-ring (bicyclic) bond motifs is 1. The molecule has 144 valence electrons. The van der Waals surface area contributed by atoms with Gasteiger partial charge in [-0.1, -0.05) is 54.1 Å². The molecule has 0 bridgehead atoms. The maximum absolute atomic E-state index is 13.5. The number of nitrogens with zero attached hydrogens (tertiary/aromatic N) is 1. The second-order valence-corrected chi connectivity index (χ2v) is 8.94. The number of hydrogen-bond acceptors (Lipinski definition) is 4. The largest absolute Gasteiger partial charge is 0.378 e. The second kappa shape index (κ2) is 7.78. The van der Waals surface area contributed by atoms with Crippen LogP contribution < -0.4 is 0 Å². The van der Waals surface area contributed by atoms with Gasteiger partial charge in [-0.15, -0.1) is 0 Å². The van der Waals surface area contributed by atoms with Crippen molar-refractivity contribution in [1.29, 1.82) is 0 Å². The molecule has 3 aromatic rings. The quantitative estimate of drug-likeness (QED) is 0.665. The Kier molecular flexibility index (Phi) is 5.20. The van der Waals surface area contributed by atoms with Gasteiger partial charge in [0.05, 0.1) is 23.0 Å². The number of hydrogen-bond donors (Lipinski definition) is 0. The zero-order valence-electron chi connectivity index (χ0n) is 15.8. The third-order valence-electron chi connectivity index (χ3n) is 5.00. The van der Waals surface area contributed by atoms with Gasteiger partial charge in [-0.3, -0.25) is 0 Å². The molecule has 4 rings (SSSR count). The molecule has 4 nitrogen and oxygen atoms in total. The van der Waals surface area contributed by atoms with Crippen LogP contribution in [0.5, 0.6) is 0 Å². The average molecular weight is 394 g/mol. The molecule has 0 aromatic heterocycles. The van der Waals surface area contributed by atoms with Crippen LogP contribution in [0.4, 0.5) is 0 Å². The first kappa shape index (κ1) is 18.7. The van der Waals surface area contributed by atoms with Gasteiger partial charge >= 0.3 is 0 Å². The summed E-state index contributed by atoms with van der Waals surface area (Å²) in [7, 11) is -3.66. The fourth-order valence-corrected chi connectivity index (χ4v) is 4.83. The van der Waals surface area contributed by atoms with E-state index in [2.05, 4.69) is 0 Å². The van der Waals surface area contributed by atoms with Crippen molar-refractivity contribution in [2.45, 2.75) is 11.8 Å². The Morgan fingerprint density at radius 2 is 1.61 bits per heavy atom. The van der Waals surface area contributed by atoms with Crippen molar-refractivity contribution in [1.82, 2.24) is 4.90 Å². The van der Waals surface area contributed by atoms with E-state index in [0.29, 0.717) is 41.7 Å². The maximum Gasteiger partial charge on any atom is 0.208 e. The van der Waals surface area contributed by atoms with Gasteiger partial charge in [-0.25, -0.2) is 8.42 Å². The molecular weight excluding hydrogens is 370 g/mol. The van der Waals surface area contributed by atoms with Gasteiger partial charge in [-0.2, -0.15) is 0 Å². The van der Waals surface area contributed by atoms with Crippen LogP contribution in [0.15, 0.2) is 77.8 Å². The van der Waals surface area contributed by atoms with Gasteiger partial charge in [0, 0.05) is 19.3 Å². The number of rotatable bonds is 4. The highest BCUT2D eigenvalue weighted by Gasteiger charge is 2.24. The molecule has 0 radical (unpaired) electrons. The van der Waals surface area contributed by atoms with Gasteiger partial charge in [-0.05, 0) is 41.5 Å². The topological polar surface area (TPSA) is 46.6 Å². The molecule has 1 heterocycles. The molecule has 1 aliphatic rings. The Labute approximate surface area is 166 Å². The molecule has 0 saturated carbocycles. The van der Waals surface area contributed by atoms with E-state index in [9.17, 15) is 8.42 Å². The van der Waals surface area contributed by atoms with Crippen LogP contribution in [0.2, 0.25) is 0 Å². The lowest BCUT2D eigenvalue weighted by molar-refractivity contribution is 0.0597. The predicted molar refractivity (Wildman–Crippen MR) is 113 cm³/mol. The van der Waals surface area contributed by atoms with Gasteiger partial charge in [0.15, 0.2) is 0 Å². The third-order valence-corrected chi connectivity index (χ3v) is 6.81. The average Bonchev–Trinajstić information content (AvgIpc) is 2.72. The fourth-order valence-electron chi connectivity index (χ4n) is 3.36. The number of aryl methyl sites for hydroxylation is 1. The third kappa shape index (κ3) is 3.81. The summed E-state index contributed by atoms with van der Waals surface area (Å²) in [4.78, 5) is 2.66. The van der Waals surface area contributed by atoms with E-state index in [1.807, 2.05) is 66.4 Å². The van der Waals surface area contributed by atoms with Gasteiger partial charge < -0.3 is 9.64 Å². The summed E-state index contributed by atoms with van der Waals surface area (Å²) in [5.74, 6) is 0. The summed E-state index contributed by atoms with van der Waals surface area (Å²) in [6, 6.07) is 20.8. The maximum atomic E-state index is 13.5. The van der Waals surface area contributed by atoms with Gasteiger partial charge in [0.25, 0.3) is 0 Å². The van der Waals surface area contributed by atoms with E-state index in [4.69, 9.17) is 4.74 Å². The number of sulfone groups is 1. The molecule has 0 amide bonds. The zero-order valence-corrected chi connectivity index (χ0v) is 16.7. The van der Waals surface area contributed by atoms with Crippen LogP contribution in [0.3, 0.4) is 0 Å². The molecule has 1 saturated heterocycles. The van der Waals surface area contributed by atoms with Crippen LogP contribution in [-0.4, -0.2) is 39.6 Å². The second-order valence-electron chi connectivity index (χ2n) is 7.02. The summed E-state index contributed by atoms with van der Waals surface area (Å²) < 4.78 is 32.5. The summed E-state index contributed by atoms with van der Waals surface area (Å²) in [5, 5.41) is 2.11. The van der Waals surface area contributed by atoms with Crippen molar-refractivity contribution in [3.8, 4) is 0 Å². The van der Waals surface area contributed by atoms with E-state index in [-0.39, 0.29) is 0 Å². The fraction of sp³-hybridized carbons (Fsp3) is 0.217. The van der Waals surface area contributed by atoms with E-state index < -0.39 is 9.84 Å². The lowest BCUT2D eigenvalue weighted by atomic mass is 10.1. The molecule has 28 heavy (non-hydrogen) atoms. The number of ether oxygens (including phenoxy) is 1. The van der Waals surface area contributed by atoms with E-state index in [0.717, 1.165) is 16.3 Å². The number of benzene rings is 3.